The van der Waals surface area contributed by atoms with Gasteiger partial charge in [0.25, 0.3) is 5.69 Å². The fourth-order valence-electron chi connectivity index (χ4n) is 1.38. The van der Waals surface area contributed by atoms with Crippen molar-refractivity contribution in [2.24, 2.45) is 0 Å². The molecule has 0 fully saturated rings. The Morgan fingerprint density at radius 2 is 2.16 bits per heavy atom. The van der Waals surface area contributed by atoms with Crippen LogP contribution in [0.3, 0.4) is 0 Å². The molecule has 0 spiro atoms. The SMILES string of the molecule is Cc1cc(NCC(=O)OC(C)(C)C)ncc1[N+](=O)[O-]. The third kappa shape index (κ3) is 4.90. The lowest BCUT2D eigenvalue weighted by Crippen LogP contribution is -2.28. The third-order valence-electron chi connectivity index (χ3n) is 2.11. The maximum absolute atomic E-state index is 11.5. The second kappa shape index (κ2) is 5.64. The van der Waals surface area contributed by atoms with E-state index in [4.69, 9.17) is 4.74 Å². The van der Waals surface area contributed by atoms with Gasteiger partial charge in [0.05, 0.1) is 4.92 Å². The summed E-state index contributed by atoms with van der Waals surface area (Å²) in [5, 5.41) is 13.4. The fourth-order valence-corrected chi connectivity index (χ4v) is 1.38. The Kier molecular flexibility index (Phi) is 4.42. The van der Waals surface area contributed by atoms with Crippen LogP contribution in [0.2, 0.25) is 0 Å². The van der Waals surface area contributed by atoms with Gasteiger partial charge in [-0.25, -0.2) is 4.98 Å². The molecule has 0 saturated carbocycles. The van der Waals surface area contributed by atoms with E-state index in [9.17, 15) is 14.9 Å². The second-order valence-electron chi connectivity index (χ2n) is 5.05. The highest BCUT2D eigenvalue weighted by molar-refractivity contribution is 5.75. The number of pyridine rings is 1. The van der Waals surface area contributed by atoms with Crippen LogP contribution in [0.1, 0.15) is 26.3 Å². The van der Waals surface area contributed by atoms with Gasteiger partial charge in [-0.15, -0.1) is 0 Å². The summed E-state index contributed by atoms with van der Waals surface area (Å²) in [7, 11) is 0. The molecule has 0 radical (unpaired) electrons. The van der Waals surface area contributed by atoms with Crippen LogP contribution in [-0.2, 0) is 9.53 Å². The molecule has 0 bridgehead atoms. The average molecular weight is 267 g/mol. The van der Waals surface area contributed by atoms with Gasteiger partial charge < -0.3 is 10.1 Å². The summed E-state index contributed by atoms with van der Waals surface area (Å²) < 4.78 is 5.11. The fraction of sp³-hybridized carbons (Fsp3) is 0.500. The molecule has 0 aromatic carbocycles. The van der Waals surface area contributed by atoms with Crippen LogP contribution in [-0.4, -0.2) is 28.0 Å². The lowest BCUT2D eigenvalue weighted by atomic mass is 10.2. The van der Waals surface area contributed by atoms with E-state index in [1.54, 1.807) is 27.7 Å². The molecule has 1 rings (SSSR count). The minimum Gasteiger partial charge on any atom is -0.459 e. The van der Waals surface area contributed by atoms with Crippen molar-refractivity contribution in [2.75, 3.05) is 11.9 Å². The Morgan fingerprint density at radius 3 is 2.63 bits per heavy atom. The summed E-state index contributed by atoms with van der Waals surface area (Å²) in [6, 6.07) is 1.52. The number of hydrogen-bond donors (Lipinski definition) is 1. The number of aryl methyl sites for hydroxylation is 1. The third-order valence-corrected chi connectivity index (χ3v) is 2.11. The lowest BCUT2D eigenvalue weighted by Gasteiger charge is -2.19. The molecule has 104 valence electrons. The molecular weight excluding hydrogens is 250 g/mol. The zero-order valence-corrected chi connectivity index (χ0v) is 11.4. The minimum absolute atomic E-state index is 0.0402. The standard InChI is InChI=1S/C12H17N3O4/c1-8-5-10(13-6-9(8)15(17)18)14-7-11(16)19-12(2,3)4/h5-6H,7H2,1-4H3,(H,13,14). The van der Waals surface area contributed by atoms with Gasteiger partial charge in [0.1, 0.15) is 24.2 Å². The van der Waals surface area contributed by atoms with E-state index < -0.39 is 16.5 Å². The van der Waals surface area contributed by atoms with Crippen LogP contribution >= 0.6 is 0 Å². The Hall–Kier alpha value is -2.18. The van der Waals surface area contributed by atoms with Crippen molar-refractivity contribution >= 4 is 17.5 Å². The van der Waals surface area contributed by atoms with Crippen molar-refractivity contribution in [2.45, 2.75) is 33.3 Å². The number of carbonyl (C=O) groups excluding carboxylic acids is 1. The lowest BCUT2D eigenvalue weighted by molar-refractivity contribution is -0.385. The molecule has 0 aliphatic heterocycles. The van der Waals surface area contributed by atoms with E-state index in [1.807, 2.05) is 0 Å². The molecule has 0 amide bonds. The molecule has 0 aliphatic carbocycles. The molecule has 1 aromatic heterocycles. The number of hydrogen-bond acceptors (Lipinski definition) is 6. The quantitative estimate of drug-likeness (QED) is 0.509. The first-order valence-electron chi connectivity index (χ1n) is 5.76. The number of ether oxygens (including phenoxy) is 1. The van der Waals surface area contributed by atoms with E-state index in [-0.39, 0.29) is 12.2 Å². The summed E-state index contributed by atoms with van der Waals surface area (Å²) in [5.74, 6) is -0.0146. The number of anilines is 1. The van der Waals surface area contributed by atoms with Gasteiger partial charge in [0, 0.05) is 5.56 Å². The topological polar surface area (TPSA) is 94.4 Å². The van der Waals surface area contributed by atoms with Gasteiger partial charge in [0.2, 0.25) is 0 Å². The summed E-state index contributed by atoms with van der Waals surface area (Å²) in [6.07, 6.45) is 1.16. The molecule has 1 N–H and O–H groups in total. The number of rotatable bonds is 4. The van der Waals surface area contributed by atoms with Crippen molar-refractivity contribution in [3.05, 3.63) is 27.9 Å². The zero-order chi connectivity index (χ0) is 14.6. The monoisotopic (exact) mass is 267 g/mol. The second-order valence-corrected chi connectivity index (χ2v) is 5.05. The van der Waals surface area contributed by atoms with Gasteiger partial charge in [-0.3, -0.25) is 14.9 Å². The number of nitrogens with one attached hydrogen (secondary N) is 1. The molecule has 0 saturated heterocycles. The Bertz CT molecular complexity index is 494. The molecule has 0 atom stereocenters. The van der Waals surface area contributed by atoms with E-state index in [0.29, 0.717) is 11.4 Å². The normalized spacial score (nSPS) is 10.9. The Morgan fingerprint density at radius 1 is 1.53 bits per heavy atom. The van der Waals surface area contributed by atoms with Gasteiger partial charge in [0.15, 0.2) is 0 Å². The molecule has 0 aliphatic rings. The highest BCUT2D eigenvalue weighted by atomic mass is 16.6. The first-order chi connectivity index (χ1) is 8.69. The predicted octanol–water partition coefficient (Wildman–Crippen LogP) is 2.05. The van der Waals surface area contributed by atoms with E-state index in [0.717, 1.165) is 6.20 Å². The Labute approximate surface area is 111 Å². The maximum Gasteiger partial charge on any atom is 0.325 e. The molecular formula is C12H17N3O4. The van der Waals surface area contributed by atoms with Crippen molar-refractivity contribution in [3.8, 4) is 0 Å². The number of aromatic nitrogens is 1. The van der Waals surface area contributed by atoms with Crippen molar-refractivity contribution in [1.82, 2.24) is 4.98 Å². The smallest absolute Gasteiger partial charge is 0.325 e. The van der Waals surface area contributed by atoms with Crippen LogP contribution < -0.4 is 5.32 Å². The summed E-state index contributed by atoms with van der Waals surface area (Å²) in [5.41, 5.74) is -0.119. The highest BCUT2D eigenvalue weighted by Crippen LogP contribution is 2.18. The van der Waals surface area contributed by atoms with E-state index in [2.05, 4.69) is 10.3 Å². The van der Waals surface area contributed by atoms with Gasteiger partial charge in [-0.05, 0) is 33.8 Å². The number of carbonyl (C=O) groups is 1. The van der Waals surface area contributed by atoms with Crippen LogP contribution in [0.15, 0.2) is 12.3 Å². The van der Waals surface area contributed by atoms with Crippen molar-refractivity contribution < 1.29 is 14.5 Å². The molecule has 0 unspecified atom stereocenters. The molecule has 7 heteroatoms. The molecule has 7 nitrogen and oxygen atoms in total. The number of nitro groups is 1. The van der Waals surface area contributed by atoms with Gasteiger partial charge in [-0.1, -0.05) is 0 Å². The van der Waals surface area contributed by atoms with Crippen molar-refractivity contribution in [1.29, 1.82) is 0 Å². The van der Waals surface area contributed by atoms with Crippen LogP contribution in [0.25, 0.3) is 0 Å². The van der Waals surface area contributed by atoms with Gasteiger partial charge >= 0.3 is 5.97 Å². The Balaban J connectivity index is 2.62. The van der Waals surface area contributed by atoms with Crippen LogP contribution in [0.5, 0.6) is 0 Å². The van der Waals surface area contributed by atoms with Gasteiger partial charge in [-0.2, -0.15) is 0 Å². The molecule has 1 aromatic rings. The average Bonchev–Trinajstić information content (AvgIpc) is 2.23. The van der Waals surface area contributed by atoms with Crippen LogP contribution in [0.4, 0.5) is 11.5 Å². The van der Waals surface area contributed by atoms with Crippen LogP contribution in [0, 0.1) is 17.0 Å². The first kappa shape index (κ1) is 14.9. The minimum atomic E-state index is -0.544. The summed E-state index contributed by atoms with van der Waals surface area (Å²) in [6.45, 7) is 6.90. The molecule has 1 heterocycles. The largest absolute Gasteiger partial charge is 0.459 e. The highest BCUT2D eigenvalue weighted by Gasteiger charge is 2.16. The first-order valence-corrected chi connectivity index (χ1v) is 5.76. The van der Waals surface area contributed by atoms with E-state index in [1.165, 1.54) is 6.07 Å². The maximum atomic E-state index is 11.5. The zero-order valence-electron chi connectivity index (χ0n) is 11.4. The number of esters is 1. The number of nitrogens with zero attached hydrogens (tertiary/aromatic N) is 2. The van der Waals surface area contributed by atoms with Crippen molar-refractivity contribution in [3.63, 3.8) is 0 Å². The summed E-state index contributed by atoms with van der Waals surface area (Å²) in [4.78, 5) is 25.5. The molecule has 19 heavy (non-hydrogen) atoms. The summed E-state index contributed by atoms with van der Waals surface area (Å²) >= 11 is 0. The van der Waals surface area contributed by atoms with E-state index >= 15 is 0 Å². The predicted molar refractivity (Wildman–Crippen MR) is 70.0 cm³/mol.